The maximum atomic E-state index is 6.43. The lowest BCUT2D eigenvalue weighted by molar-refractivity contribution is 0.0337. The summed E-state index contributed by atoms with van der Waals surface area (Å²) in [4.78, 5) is 2.41. The fraction of sp³-hybridized carbons (Fsp3) is 0.647. The Morgan fingerprint density at radius 1 is 1.43 bits per heavy atom. The van der Waals surface area contributed by atoms with Crippen LogP contribution >= 0.6 is 15.9 Å². The molecular formula is C17H27BrN2O. The molecule has 2 N–H and O–H groups in total. The van der Waals surface area contributed by atoms with E-state index in [1.165, 1.54) is 18.4 Å². The van der Waals surface area contributed by atoms with Crippen LogP contribution in [0.25, 0.3) is 0 Å². The average Bonchev–Trinajstić information content (AvgIpc) is 2.50. The number of hydrogen-bond acceptors (Lipinski definition) is 3. The summed E-state index contributed by atoms with van der Waals surface area (Å²) in [6.45, 7) is 5.00. The Bertz CT molecular complexity index is 435. The topological polar surface area (TPSA) is 38.5 Å². The minimum absolute atomic E-state index is 0.137. The van der Waals surface area contributed by atoms with E-state index in [4.69, 9.17) is 10.5 Å². The largest absolute Gasteiger partial charge is 0.381 e. The summed E-state index contributed by atoms with van der Waals surface area (Å²) in [5.74, 6) is 0.623. The van der Waals surface area contributed by atoms with Gasteiger partial charge in [0.05, 0.1) is 12.6 Å². The van der Waals surface area contributed by atoms with Gasteiger partial charge >= 0.3 is 0 Å². The zero-order valence-corrected chi connectivity index (χ0v) is 14.7. The summed E-state index contributed by atoms with van der Waals surface area (Å²) in [7, 11) is 2.19. The monoisotopic (exact) mass is 354 g/mol. The van der Waals surface area contributed by atoms with Crippen LogP contribution < -0.4 is 5.73 Å². The van der Waals surface area contributed by atoms with Crippen molar-refractivity contribution < 1.29 is 4.74 Å². The number of ether oxygens (including phenoxy) is 1. The van der Waals surface area contributed by atoms with Crippen LogP contribution in [0, 0.1) is 5.92 Å². The molecule has 1 fully saturated rings. The van der Waals surface area contributed by atoms with Crippen molar-refractivity contribution in [3.63, 3.8) is 0 Å². The van der Waals surface area contributed by atoms with Crippen molar-refractivity contribution in [2.24, 2.45) is 11.7 Å². The highest BCUT2D eigenvalue weighted by Gasteiger charge is 2.27. The molecule has 1 heterocycles. The fourth-order valence-electron chi connectivity index (χ4n) is 3.21. The molecule has 3 nitrogen and oxygen atoms in total. The van der Waals surface area contributed by atoms with Crippen LogP contribution in [0.2, 0.25) is 0 Å². The highest BCUT2D eigenvalue weighted by molar-refractivity contribution is 9.10. The van der Waals surface area contributed by atoms with Crippen LogP contribution in [0.15, 0.2) is 28.7 Å². The lowest BCUT2D eigenvalue weighted by atomic mass is 9.94. The van der Waals surface area contributed by atoms with Gasteiger partial charge in [0.15, 0.2) is 0 Å². The van der Waals surface area contributed by atoms with Gasteiger partial charge in [-0.2, -0.15) is 0 Å². The molecule has 4 heteroatoms. The van der Waals surface area contributed by atoms with Gasteiger partial charge in [0, 0.05) is 23.7 Å². The molecule has 118 valence electrons. The van der Waals surface area contributed by atoms with E-state index in [1.54, 1.807) is 0 Å². The SMILES string of the molecule is CCC(N)C(c1ccccc1Br)N(C)CC1CCCOC1. The molecule has 0 bridgehead atoms. The number of nitrogens with zero attached hydrogens (tertiary/aromatic N) is 1. The van der Waals surface area contributed by atoms with Gasteiger partial charge in [-0.15, -0.1) is 0 Å². The van der Waals surface area contributed by atoms with Crippen LogP contribution in [-0.4, -0.2) is 37.7 Å². The summed E-state index contributed by atoms with van der Waals surface area (Å²) < 4.78 is 6.76. The van der Waals surface area contributed by atoms with E-state index in [0.29, 0.717) is 5.92 Å². The number of rotatable bonds is 6. The lowest BCUT2D eigenvalue weighted by Crippen LogP contribution is -2.42. The van der Waals surface area contributed by atoms with Gasteiger partial charge in [-0.1, -0.05) is 41.1 Å². The van der Waals surface area contributed by atoms with Gasteiger partial charge in [-0.05, 0) is 43.9 Å². The molecule has 0 amide bonds. The molecule has 3 unspecified atom stereocenters. The van der Waals surface area contributed by atoms with Crippen molar-refractivity contribution >= 4 is 15.9 Å². The van der Waals surface area contributed by atoms with Crippen molar-refractivity contribution in [2.75, 3.05) is 26.8 Å². The molecule has 0 radical (unpaired) electrons. The van der Waals surface area contributed by atoms with Gasteiger partial charge in [-0.3, -0.25) is 4.90 Å². The first-order chi connectivity index (χ1) is 10.1. The third-order valence-corrected chi connectivity index (χ3v) is 5.10. The van der Waals surface area contributed by atoms with Crippen LogP contribution in [0.5, 0.6) is 0 Å². The highest BCUT2D eigenvalue weighted by Crippen LogP contribution is 2.31. The van der Waals surface area contributed by atoms with Gasteiger partial charge < -0.3 is 10.5 Å². The first kappa shape index (κ1) is 16.9. The fourth-order valence-corrected chi connectivity index (χ4v) is 3.72. The van der Waals surface area contributed by atoms with E-state index in [2.05, 4.69) is 59.1 Å². The second-order valence-electron chi connectivity index (χ2n) is 6.06. The Balaban J connectivity index is 2.13. The maximum absolute atomic E-state index is 6.43. The van der Waals surface area contributed by atoms with Crippen molar-refractivity contribution in [3.05, 3.63) is 34.3 Å². The van der Waals surface area contributed by atoms with E-state index in [-0.39, 0.29) is 12.1 Å². The molecule has 0 saturated carbocycles. The van der Waals surface area contributed by atoms with Crippen LogP contribution in [0.1, 0.15) is 37.8 Å². The van der Waals surface area contributed by atoms with Gasteiger partial charge in [0.1, 0.15) is 0 Å². The number of halogens is 1. The summed E-state index contributed by atoms with van der Waals surface area (Å²) in [6.07, 6.45) is 3.41. The highest BCUT2D eigenvalue weighted by atomic mass is 79.9. The lowest BCUT2D eigenvalue weighted by Gasteiger charge is -2.36. The van der Waals surface area contributed by atoms with Crippen molar-refractivity contribution in [1.82, 2.24) is 4.90 Å². The quantitative estimate of drug-likeness (QED) is 0.848. The average molecular weight is 355 g/mol. The summed E-state index contributed by atoms with van der Waals surface area (Å²) in [5.41, 5.74) is 7.71. The van der Waals surface area contributed by atoms with E-state index in [1.807, 2.05) is 0 Å². The van der Waals surface area contributed by atoms with Crippen LogP contribution in [0.3, 0.4) is 0 Å². The second kappa shape index (κ2) is 8.28. The summed E-state index contributed by atoms with van der Waals surface area (Å²) in [5, 5.41) is 0. The molecule has 3 atom stereocenters. The maximum Gasteiger partial charge on any atom is 0.0507 e. The molecule has 1 aliphatic heterocycles. The first-order valence-electron chi connectivity index (χ1n) is 7.91. The Morgan fingerprint density at radius 3 is 2.81 bits per heavy atom. The smallest absolute Gasteiger partial charge is 0.0507 e. The van der Waals surface area contributed by atoms with E-state index in [9.17, 15) is 0 Å². The van der Waals surface area contributed by atoms with Crippen molar-refractivity contribution in [1.29, 1.82) is 0 Å². The van der Waals surface area contributed by atoms with Crippen LogP contribution in [-0.2, 0) is 4.74 Å². The number of benzene rings is 1. The Hall–Kier alpha value is -0.420. The molecule has 1 aromatic rings. The molecule has 1 aromatic carbocycles. The third-order valence-electron chi connectivity index (χ3n) is 4.38. The van der Waals surface area contributed by atoms with E-state index < -0.39 is 0 Å². The van der Waals surface area contributed by atoms with Crippen molar-refractivity contribution in [3.8, 4) is 0 Å². The number of likely N-dealkylation sites (N-methyl/N-ethyl adjacent to an activating group) is 1. The molecule has 0 spiro atoms. The van der Waals surface area contributed by atoms with Gasteiger partial charge in [0.25, 0.3) is 0 Å². The molecule has 0 aliphatic carbocycles. The number of nitrogens with two attached hydrogens (primary N) is 1. The zero-order chi connectivity index (χ0) is 15.2. The molecule has 0 aromatic heterocycles. The van der Waals surface area contributed by atoms with Gasteiger partial charge in [-0.25, -0.2) is 0 Å². The summed E-state index contributed by atoms with van der Waals surface area (Å²) >= 11 is 3.68. The predicted molar refractivity (Wildman–Crippen MR) is 91.3 cm³/mol. The van der Waals surface area contributed by atoms with E-state index >= 15 is 0 Å². The minimum Gasteiger partial charge on any atom is -0.381 e. The predicted octanol–water partition coefficient (Wildman–Crippen LogP) is 3.59. The normalized spacial score (nSPS) is 22.2. The molecular weight excluding hydrogens is 328 g/mol. The Kier molecular flexibility index (Phi) is 6.68. The van der Waals surface area contributed by atoms with E-state index in [0.717, 1.165) is 30.7 Å². The Labute approximate surface area is 137 Å². The summed E-state index contributed by atoms with van der Waals surface area (Å²) in [6, 6.07) is 8.80. The van der Waals surface area contributed by atoms with Crippen LogP contribution in [0.4, 0.5) is 0 Å². The second-order valence-corrected chi connectivity index (χ2v) is 6.92. The molecule has 1 saturated heterocycles. The van der Waals surface area contributed by atoms with Gasteiger partial charge in [0.2, 0.25) is 0 Å². The molecule has 21 heavy (non-hydrogen) atoms. The number of hydrogen-bond donors (Lipinski definition) is 1. The molecule has 1 aliphatic rings. The Morgan fingerprint density at radius 2 is 2.19 bits per heavy atom. The molecule has 2 rings (SSSR count). The van der Waals surface area contributed by atoms with Crippen molar-refractivity contribution in [2.45, 2.75) is 38.3 Å². The minimum atomic E-state index is 0.137. The third kappa shape index (κ3) is 4.52. The zero-order valence-electron chi connectivity index (χ0n) is 13.1. The standard InChI is InChI=1S/C17H27BrN2O/c1-3-16(19)17(14-8-4-5-9-15(14)18)20(2)11-13-7-6-10-21-12-13/h4-5,8-9,13,16-17H,3,6-7,10-12,19H2,1-2H3. The first-order valence-corrected chi connectivity index (χ1v) is 8.70.